The summed E-state index contributed by atoms with van der Waals surface area (Å²) in [6.07, 6.45) is 2.92. The molecule has 0 saturated heterocycles. The van der Waals surface area contributed by atoms with Crippen molar-refractivity contribution in [1.82, 2.24) is 5.32 Å². The first-order valence-corrected chi connectivity index (χ1v) is 10.6. The minimum absolute atomic E-state index is 0.0776. The maximum Gasteiger partial charge on any atom is 0.257 e. The van der Waals surface area contributed by atoms with Crippen LogP contribution in [0.2, 0.25) is 0 Å². The Labute approximate surface area is 161 Å². The highest BCUT2D eigenvalue weighted by Gasteiger charge is 2.11. The molecule has 0 bridgehead atoms. The van der Waals surface area contributed by atoms with Gasteiger partial charge in [0.25, 0.3) is 5.91 Å². The molecule has 0 saturated carbocycles. The van der Waals surface area contributed by atoms with Crippen LogP contribution in [0.15, 0.2) is 48.5 Å². The van der Waals surface area contributed by atoms with Gasteiger partial charge < -0.3 is 10.1 Å². The fourth-order valence-electron chi connectivity index (χ4n) is 2.42. The van der Waals surface area contributed by atoms with Gasteiger partial charge in [0.05, 0.1) is 11.9 Å². The Balaban J connectivity index is 1.70. The van der Waals surface area contributed by atoms with Crippen molar-refractivity contribution >= 4 is 21.6 Å². The number of nitrogens with one attached hydrogen (secondary N) is 1. The van der Waals surface area contributed by atoms with Gasteiger partial charge in [-0.05, 0) is 49.6 Å². The fourth-order valence-corrected chi connectivity index (χ4v) is 2.92. The molecule has 6 nitrogen and oxygen atoms in total. The van der Waals surface area contributed by atoms with E-state index < -0.39 is 10.0 Å². The Hall–Kier alpha value is -2.54. The largest absolute Gasteiger partial charge is 0.484 e. The van der Waals surface area contributed by atoms with Gasteiger partial charge in [0.2, 0.25) is 10.0 Å². The Bertz CT molecular complexity index is 847. The van der Waals surface area contributed by atoms with E-state index in [4.69, 9.17) is 4.74 Å². The minimum atomic E-state index is -3.30. The maximum absolute atomic E-state index is 11.9. The zero-order valence-electron chi connectivity index (χ0n) is 15.9. The third-order valence-corrected chi connectivity index (χ3v) is 5.36. The number of aryl methyl sites for hydroxylation is 2. The number of carbonyl (C=O) groups is 1. The normalized spacial score (nSPS) is 11.1. The highest BCUT2D eigenvalue weighted by Crippen LogP contribution is 2.20. The van der Waals surface area contributed by atoms with E-state index in [0.29, 0.717) is 18.0 Å². The lowest BCUT2D eigenvalue weighted by molar-refractivity contribution is -0.123. The molecule has 0 unspecified atom stereocenters. The number of anilines is 1. The number of nitrogens with zero attached hydrogens (tertiary/aromatic N) is 1. The predicted octanol–water partition coefficient (Wildman–Crippen LogP) is 2.52. The van der Waals surface area contributed by atoms with Crippen LogP contribution in [-0.2, 0) is 21.2 Å². The number of carbonyl (C=O) groups excluding carboxylic acids is 1. The first-order valence-electron chi connectivity index (χ1n) is 8.75. The highest BCUT2D eigenvalue weighted by molar-refractivity contribution is 7.92. The van der Waals surface area contributed by atoms with Crippen molar-refractivity contribution in [3.63, 3.8) is 0 Å². The molecule has 2 aromatic carbocycles. The number of rotatable bonds is 9. The lowest BCUT2D eigenvalue weighted by Crippen LogP contribution is -2.30. The Morgan fingerprint density at radius 3 is 2.30 bits per heavy atom. The van der Waals surface area contributed by atoms with Gasteiger partial charge >= 0.3 is 0 Å². The maximum atomic E-state index is 11.9. The summed E-state index contributed by atoms with van der Waals surface area (Å²) in [4.78, 5) is 11.9. The molecular weight excluding hydrogens is 364 g/mol. The topological polar surface area (TPSA) is 75.7 Å². The van der Waals surface area contributed by atoms with Gasteiger partial charge in [0, 0.05) is 13.6 Å². The Morgan fingerprint density at radius 2 is 1.70 bits per heavy atom. The third-order valence-electron chi connectivity index (χ3n) is 4.15. The molecule has 1 amide bonds. The molecule has 0 aliphatic carbocycles. The number of amides is 1. The molecule has 0 aliphatic rings. The molecule has 2 rings (SSSR count). The molecule has 7 heteroatoms. The minimum Gasteiger partial charge on any atom is -0.484 e. The van der Waals surface area contributed by atoms with Crippen molar-refractivity contribution in [3.05, 3.63) is 59.7 Å². The van der Waals surface area contributed by atoms with Crippen LogP contribution < -0.4 is 14.4 Å². The van der Waals surface area contributed by atoms with Gasteiger partial charge in [-0.3, -0.25) is 9.10 Å². The van der Waals surface area contributed by atoms with E-state index in [-0.39, 0.29) is 12.5 Å². The zero-order valence-corrected chi connectivity index (χ0v) is 16.8. The molecule has 0 heterocycles. The second-order valence-corrected chi connectivity index (χ2v) is 8.47. The predicted molar refractivity (Wildman–Crippen MR) is 108 cm³/mol. The SMILES string of the molecule is Cc1ccc(CCCNC(=O)COc2ccc(N(C)S(C)(=O)=O)cc2)cc1. The zero-order chi connectivity index (χ0) is 19.9. The number of ether oxygens (including phenoxy) is 1. The van der Waals surface area contributed by atoms with Crippen LogP contribution in [0.1, 0.15) is 17.5 Å². The van der Waals surface area contributed by atoms with Crippen molar-refractivity contribution in [2.75, 3.05) is 30.8 Å². The van der Waals surface area contributed by atoms with Crippen LogP contribution in [0.4, 0.5) is 5.69 Å². The van der Waals surface area contributed by atoms with E-state index in [1.165, 1.54) is 22.5 Å². The molecule has 0 radical (unpaired) electrons. The van der Waals surface area contributed by atoms with E-state index in [9.17, 15) is 13.2 Å². The first kappa shape index (κ1) is 20.8. The van der Waals surface area contributed by atoms with Crippen LogP contribution in [-0.4, -0.2) is 40.8 Å². The third kappa shape index (κ3) is 6.94. The quantitative estimate of drug-likeness (QED) is 0.668. The summed E-state index contributed by atoms with van der Waals surface area (Å²) in [5, 5.41) is 2.83. The van der Waals surface area contributed by atoms with Gasteiger partial charge in [0.15, 0.2) is 6.61 Å². The molecule has 27 heavy (non-hydrogen) atoms. The summed E-state index contributed by atoms with van der Waals surface area (Å²) in [5.41, 5.74) is 3.02. The first-order chi connectivity index (χ1) is 12.8. The van der Waals surface area contributed by atoms with Gasteiger partial charge in [-0.15, -0.1) is 0 Å². The van der Waals surface area contributed by atoms with Crippen molar-refractivity contribution in [3.8, 4) is 5.75 Å². The van der Waals surface area contributed by atoms with Gasteiger partial charge in [-0.2, -0.15) is 0 Å². The summed E-state index contributed by atoms with van der Waals surface area (Å²) in [6.45, 7) is 2.57. The Morgan fingerprint density at radius 1 is 1.07 bits per heavy atom. The molecule has 0 fully saturated rings. The van der Waals surface area contributed by atoms with E-state index in [1.54, 1.807) is 24.3 Å². The van der Waals surface area contributed by atoms with Crippen LogP contribution in [0, 0.1) is 6.92 Å². The summed E-state index contributed by atoms with van der Waals surface area (Å²) in [5.74, 6) is 0.326. The van der Waals surface area contributed by atoms with Gasteiger partial charge in [0.1, 0.15) is 5.75 Å². The summed E-state index contributed by atoms with van der Waals surface area (Å²) < 4.78 is 29.6. The molecule has 0 aliphatic heterocycles. The van der Waals surface area contributed by atoms with Crippen molar-refractivity contribution in [1.29, 1.82) is 0 Å². The van der Waals surface area contributed by atoms with Gasteiger partial charge in [-0.1, -0.05) is 29.8 Å². The number of benzene rings is 2. The molecule has 2 aromatic rings. The van der Waals surface area contributed by atoms with E-state index in [2.05, 4.69) is 36.5 Å². The lowest BCUT2D eigenvalue weighted by Gasteiger charge is -2.16. The fraction of sp³-hybridized carbons (Fsp3) is 0.350. The molecule has 1 N–H and O–H groups in total. The highest BCUT2D eigenvalue weighted by atomic mass is 32.2. The molecule has 0 aromatic heterocycles. The Kier molecular flexibility index (Phi) is 7.24. The van der Waals surface area contributed by atoms with E-state index in [0.717, 1.165) is 19.1 Å². The van der Waals surface area contributed by atoms with Crippen LogP contribution in [0.3, 0.4) is 0 Å². The van der Waals surface area contributed by atoms with Crippen LogP contribution in [0.25, 0.3) is 0 Å². The monoisotopic (exact) mass is 390 g/mol. The van der Waals surface area contributed by atoms with E-state index in [1.807, 2.05) is 0 Å². The average molecular weight is 391 g/mol. The molecule has 146 valence electrons. The number of hydrogen-bond donors (Lipinski definition) is 1. The molecule has 0 spiro atoms. The average Bonchev–Trinajstić information content (AvgIpc) is 2.64. The molecule has 0 atom stereocenters. The second kappa shape index (κ2) is 9.41. The summed E-state index contributed by atoms with van der Waals surface area (Å²) in [6, 6.07) is 14.9. The van der Waals surface area contributed by atoms with Crippen molar-refractivity contribution in [2.24, 2.45) is 0 Å². The summed E-state index contributed by atoms with van der Waals surface area (Å²) >= 11 is 0. The van der Waals surface area contributed by atoms with Crippen LogP contribution >= 0.6 is 0 Å². The standard InChI is InChI=1S/C20H26N2O4S/c1-16-6-8-17(9-7-16)5-4-14-21-20(23)15-26-19-12-10-18(11-13-19)22(2)27(3,24)25/h6-13H,4-5,14-15H2,1-3H3,(H,21,23). The second-order valence-electron chi connectivity index (χ2n) is 6.45. The van der Waals surface area contributed by atoms with Crippen molar-refractivity contribution in [2.45, 2.75) is 19.8 Å². The van der Waals surface area contributed by atoms with Crippen LogP contribution in [0.5, 0.6) is 5.75 Å². The lowest BCUT2D eigenvalue weighted by atomic mass is 10.1. The number of sulfonamides is 1. The number of hydrogen-bond acceptors (Lipinski definition) is 4. The van der Waals surface area contributed by atoms with Crippen molar-refractivity contribution < 1.29 is 17.9 Å². The molecular formula is C20H26N2O4S. The smallest absolute Gasteiger partial charge is 0.257 e. The van der Waals surface area contributed by atoms with Gasteiger partial charge in [-0.25, -0.2) is 8.42 Å². The van der Waals surface area contributed by atoms with E-state index >= 15 is 0 Å². The summed E-state index contributed by atoms with van der Waals surface area (Å²) in [7, 11) is -1.82.